The van der Waals surface area contributed by atoms with Crippen LogP contribution >= 0.6 is 72.8 Å². The van der Waals surface area contributed by atoms with Crippen LogP contribution in [0.1, 0.15) is 114 Å². The zero-order valence-electron chi connectivity index (χ0n) is 42.8. The molecule has 6 N–H and O–H groups in total. The number of nitrogens with zero attached hydrogens (tertiary/aromatic N) is 2. The SMILES string of the molecule is CNC(C)C(=S)N[C@H]1CCS[C@H]2CC(C)(C)[C@@H](C(=O)N[C@H]3c4ccccc4C[C@H]3OCCCCO[C@@H]3Cc4ccccc4[C@@H]3NC(=O)[C@H]3N4C(=O)[C@@H](NC(=S)C(C)NC)CCS[C@H]4CC3(C)C)N2C1=O.Cl.Cl. The molecular weight excluding hydrogens is 1030 g/mol. The largest absolute Gasteiger partial charge is 0.375 e. The van der Waals surface area contributed by atoms with Gasteiger partial charge in [-0.05, 0) is 111 Å². The first kappa shape index (κ1) is 58.5. The van der Waals surface area contributed by atoms with Gasteiger partial charge in [-0.2, -0.15) is 0 Å². The number of nitrogens with one attached hydrogen (secondary N) is 6. The molecule has 12 atom stereocenters. The molecule has 2 unspecified atom stereocenters. The van der Waals surface area contributed by atoms with Crippen molar-refractivity contribution in [2.24, 2.45) is 10.8 Å². The average molecular weight is 1110 g/mol. The number of unbranched alkanes of at least 4 members (excludes halogenated alkanes) is 1. The molecule has 4 heterocycles. The molecule has 2 aromatic carbocycles. The van der Waals surface area contributed by atoms with Crippen LogP contribution in [0.5, 0.6) is 0 Å². The highest BCUT2D eigenvalue weighted by Gasteiger charge is 2.57. The van der Waals surface area contributed by atoms with E-state index in [4.69, 9.17) is 33.9 Å². The van der Waals surface area contributed by atoms with E-state index in [0.29, 0.717) is 48.9 Å². The third-order valence-electron chi connectivity index (χ3n) is 15.5. The summed E-state index contributed by atoms with van der Waals surface area (Å²) in [5.41, 5.74) is 3.49. The Morgan fingerprint density at radius 2 is 1.03 bits per heavy atom. The van der Waals surface area contributed by atoms with Gasteiger partial charge in [0.15, 0.2) is 0 Å². The molecule has 20 heteroatoms. The molecule has 0 radical (unpaired) electrons. The minimum atomic E-state index is -0.653. The third-order valence-corrected chi connectivity index (χ3v) is 19.0. The number of halogens is 2. The molecule has 398 valence electrons. The number of fused-ring (bicyclic) bond motifs is 4. The van der Waals surface area contributed by atoms with Gasteiger partial charge in [-0.3, -0.25) is 19.2 Å². The van der Waals surface area contributed by atoms with Crippen LogP contribution in [0.2, 0.25) is 0 Å². The number of likely N-dealkylation sites (N-methyl/N-ethyl adjacent to an activating group) is 2. The highest BCUT2D eigenvalue weighted by Crippen LogP contribution is 2.48. The standard InChI is InChI=1S/C52H74N8O6S4.2ClH/c1-29(53-7)47(67)55-35-19-23-69-39-27-51(3,4)43(59(39)49(35)63)45(61)57-41-33-17-11-9-15-31(33)25-37(41)65-21-13-14-22-66-38-26-32-16-10-12-18-34(32)42(38)58-46(62)44-52(5,6)28-40-60(44)50(64)36(20-24-70-40)56-48(68)30(2)54-8;;/h9-12,15-18,29-30,35-44,53-54H,13-14,19-28H2,1-8H3,(H,55,67)(H,56,68)(H,57,61)(H,58,62);2*1H/t29?,30?,35-,36-,37+,38+,39-,40-,41-,42-,43+,44+;;/m0../s1. The lowest BCUT2D eigenvalue weighted by Crippen LogP contribution is -2.58. The minimum absolute atomic E-state index is 0. The van der Waals surface area contributed by atoms with Gasteiger partial charge in [0.25, 0.3) is 0 Å². The maximum atomic E-state index is 14.7. The fourth-order valence-corrected chi connectivity index (χ4v) is 15.1. The van der Waals surface area contributed by atoms with E-state index in [9.17, 15) is 19.2 Å². The van der Waals surface area contributed by atoms with Gasteiger partial charge in [-0.15, -0.1) is 48.3 Å². The summed E-state index contributed by atoms with van der Waals surface area (Å²) in [6, 6.07) is 13.2. The van der Waals surface area contributed by atoms with Gasteiger partial charge in [-0.1, -0.05) is 101 Å². The third kappa shape index (κ3) is 12.4. The van der Waals surface area contributed by atoms with Gasteiger partial charge in [0, 0.05) is 26.1 Å². The van der Waals surface area contributed by atoms with Crippen LogP contribution in [0.15, 0.2) is 48.5 Å². The van der Waals surface area contributed by atoms with Crippen molar-refractivity contribution in [3.05, 3.63) is 70.8 Å². The molecule has 4 aliphatic heterocycles. The molecule has 0 saturated carbocycles. The van der Waals surface area contributed by atoms with E-state index < -0.39 is 35.0 Å². The van der Waals surface area contributed by atoms with Gasteiger partial charge in [0.1, 0.15) is 24.2 Å². The highest BCUT2D eigenvalue weighted by atomic mass is 35.5. The Bertz CT molecular complexity index is 2140. The van der Waals surface area contributed by atoms with Crippen LogP contribution < -0.4 is 31.9 Å². The second kappa shape index (κ2) is 24.9. The highest BCUT2D eigenvalue weighted by molar-refractivity contribution is 8.00. The van der Waals surface area contributed by atoms with Crippen LogP contribution in [0.25, 0.3) is 0 Å². The van der Waals surface area contributed by atoms with Gasteiger partial charge in [-0.25, -0.2) is 0 Å². The van der Waals surface area contributed by atoms with Crippen LogP contribution in [0.3, 0.4) is 0 Å². The Morgan fingerprint density at radius 1 is 0.653 bits per heavy atom. The molecule has 72 heavy (non-hydrogen) atoms. The number of benzene rings is 2. The van der Waals surface area contributed by atoms with Crippen LogP contribution in [-0.2, 0) is 41.5 Å². The van der Waals surface area contributed by atoms with E-state index in [2.05, 4.69) is 83.9 Å². The Labute approximate surface area is 458 Å². The molecule has 0 aromatic heterocycles. The smallest absolute Gasteiger partial charge is 0.246 e. The summed E-state index contributed by atoms with van der Waals surface area (Å²) in [6.45, 7) is 13.3. The van der Waals surface area contributed by atoms with Crippen molar-refractivity contribution in [1.82, 2.24) is 41.7 Å². The lowest BCUT2D eigenvalue weighted by molar-refractivity contribution is -0.143. The Morgan fingerprint density at radius 3 is 1.40 bits per heavy atom. The molecule has 0 spiro atoms. The predicted molar refractivity (Wildman–Crippen MR) is 301 cm³/mol. The summed E-state index contributed by atoms with van der Waals surface area (Å²) in [4.78, 5) is 62.8. The molecule has 2 aromatic rings. The molecule has 4 amide bonds. The van der Waals surface area contributed by atoms with E-state index in [-0.39, 0.29) is 95.6 Å². The topological polar surface area (TPSA) is 165 Å². The molecular formula is C52H76Cl2N8O6S4. The monoisotopic (exact) mass is 1110 g/mol. The first-order valence-corrected chi connectivity index (χ1v) is 28.2. The number of hydrogen-bond donors (Lipinski definition) is 6. The Kier molecular flexibility index (Phi) is 20.2. The first-order chi connectivity index (χ1) is 33.4. The van der Waals surface area contributed by atoms with Crippen molar-refractivity contribution in [3.8, 4) is 0 Å². The van der Waals surface area contributed by atoms with E-state index in [1.165, 1.54) is 0 Å². The Hall–Kier alpha value is -2.78. The molecule has 6 aliphatic rings. The van der Waals surface area contributed by atoms with Crippen molar-refractivity contribution in [1.29, 1.82) is 0 Å². The maximum absolute atomic E-state index is 14.7. The van der Waals surface area contributed by atoms with E-state index >= 15 is 0 Å². The first-order valence-electron chi connectivity index (χ1n) is 25.3. The molecule has 4 saturated heterocycles. The second-order valence-corrected chi connectivity index (χ2v) is 24.8. The average Bonchev–Trinajstić information content (AvgIpc) is 3.97. The van der Waals surface area contributed by atoms with Crippen molar-refractivity contribution in [2.45, 2.75) is 164 Å². The van der Waals surface area contributed by atoms with Crippen LogP contribution in [0.4, 0.5) is 0 Å². The van der Waals surface area contributed by atoms with Crippen LogP contribution in [-0.4, -0.2) is 141 Å². The lowest BCUT2D eigenvalue weighted by atomic mass is 9.83. The predicted octanol–water partition coefficient (Wildman–Crippen LogP) is 6.18. The number of carbonyl (C=O) groups is 4. The van der Waals surface area contributed by atoms with E-state index in [1.54, 1.807) is 23.5 Å². The van der Waals surface area contributed by atoms with Crippen molar-refractivity contribution in [3.63, 3.8) is 0 Å². The van der Waals surface area contributed by atoms with Gasteiger partial charge in [0.05, 0.1) is 57.1 Å². The number of hydrogen-bond acceptors (Lipinski definition) is 12. The zero-order chi connectivity index (χ0) is 50.1. The second-order valence-electron chi connectivity index (χ2n) is 21.4. The van der Waals surface area contributed by atoms with Crippen molar-refractivity contribution < 1.29 is 28.7 Å². The maximum Gasteiger partial charge on any atom is 0.246 e. The summed E-state index contributed by atoms with van der Waals surface area (Å²) in [6.07, 6.45) is 4.98. The summed E-state index contributed by atoms with van der Waals surface area (Å²) >= 11 is 14.8. The van der Waals surface area contributed by atoms with Gasteiger partial charge in [0.2, 0.25) is 23.6 Å². The van der Waals surface area contributed by atoms with E-state index in [0.717, 1.165) is 59.4 Å². The fourth-order valence-electron chi connectivity index (χ4n) is 11.5. The molecule has 0 bridgehead atoms. The molecule has 2 aliphatic carbocycles. The summed E-state index contributed by atoms with van der Waals surface area (Å²) in [5, 5.41) is 19.6. The molecule has 4 fully saturated rings. The number of amides is 4. The number of thiocarbonyl (C=S) groups is 2. The minimum Gasteiger partial charge on any atom is -0.375 e. The molecule has 8 rings (SSSR count). The number of ether oxygens (including phenoxy) is 2. The quantitative estimate of drug-likeness (QED) is 0.0787. The number of thioether (sulfide) groups is 2. The zero-order valence-corrected chi connectivity index (χ0v) is 47.7. The van der Waals surface area contributed by atoms with Crippen LogP contribution in [0, 0.1) is 10.8 Å². The number of carbonyl (C=O) groups excluding carboxylic acids is 4. The van der Waals surface area contributed by atoms with Crippen molar-refractivity contribution >= 4 is 106 Å². The van der Waals surface area contributed by atoms with E-state index in [1.807, 2.05) is 62.0 Å². The Balaban J connectivity index is 0.00000423. The van der Waals surface area contributed by atoms with Gasteiger partial charge < -0.3 is 51.2 Å². The van der Waals surface area contributed by atoms with Crippen molar-refractivity contribution in [2.75, 3.05) is 38.8 Å². The summed E-state index contributed by atoms with van der Waals surface area (Å²) in [5.74, 6) is 1.11. The molecule has 14 nitrogen and oxygen atoms in total. The normalized spacial score (nSPS) is 29.7. The number of rotatable bonds is 17. The fraction of sp³-hybridized carbons (Fsp3) is 0.654. The lowest BCUT2D eigenvalue weighted by Gasteiger charge is -2.35. The van der Waals surface area contributed by atoms with Gasteiger partial charge >= 0.3 is 0 Å². The summed E-state index contributed by atoms with van der Waals surface area (Å²) in [7, 11) is 3.69. The summed E-state index contributed by atoms with van der Waals surface area (Å²) < 4.78 is 13.3.